The minimum absolute atomic E-state index is 0. The van der Waals surface area contributed by atoms with Crippen molar-refractivity contribution >= 4 is 58.3 Å². The standard InChI is InChI=1S/2C23H23O2P.2BrH/c2*24-23(25)18-10-11-19-26(20-12-4-1-5-13-20,21-14-6-2-7-15-21)22-16-8-3-9-17-22;;/h2*1-9,12-17H,10-11,18-19H2;2*1H. The molecule has 0 aliphatic carbocycles. The molecule has 2 N–H and O–H groups in total. The molecular formula is C46H48Br2O4P2. The third-order valence-electron chi connectivity index (χ3n) is 9.45. The molecule has 0 spiro atoms. The van der Waals surface area contributed by atoms with Gasteiger partial charge in [-0.25, -0.2) is 0 Å². The molecule has 0 saturated carbocycles. The van der Waals surface area contributed by atoms with E-state index < -0.39 is 26.5 Å². The molecule has 0 amide bonds. The van der Waals surface area contributed by atoms with Crippen LogP contribution in [0.3, 0.4) is 0 Å². The lowest BCUT2D eigenvalue weighted by Gasteiger charge is -2.27. The van der Waals surface area contributed by atoms with Crippen molar-refractivity contribution in [1.29, 1.82) is 0 Å². The van der Waals surface area contributed by atoms with Crippen molar-refractivity contribution in [2.24, 2.45) is 0 Å². The van der Waals surface area contributed by atoms with Gasteiger partial charge >= 0.3 is 11.9 Å². The van der Waals surface area contributed by atoms with E-state index in [0.717, 1.165) is 25.2 Å². The second-order valence-electron chi connectivity index (χ2n) is 12.8. The SMILES string of the molecule is O=C(O)CCCC[P+](c1ccccc1)(c1ccccc1)c1ccccc1.O=C(O)CCCC[P+](c1ccccc1)(c1ccccc1)c1ccccc1.[Br-].[Br-]. The van der Waals surface area contributed by atoms with E-state index in [1.807, 2.05) is 0 Å². The lowest BCUT2D eigenvalue weighted by atomic mass is 10.2. The van der Waals surface area contributed by atoms with Gasteiger partial charge in [-0.3, -0.25) is 9.59 Å². The number of hydrogen-bond donors (Lipinski definition) is 2. The van der Waals surface area contributed by atoms with Crippen molar-refractivity contribution in [1.82, 2.24) is 0 Å². The van der Waals surface area contributed by atoms with Crippen LogP contribution in [-0.2, 0) is 9.59 Å². The van der Waals surface area contributed by atoms with Crippen LogP contribution >= 0.6 is 14.5 Å². The average molecular weight is 887 g/mol. The summed E-state index contributed by atoms with van der Waals surface area (Å²) in [6.45, 7) is 0. The summed E-state index contributed by atoms with van der Waals surface area (Å²) in [5, 5.41) is 26.1. The number of halogens is 2. The Bertz CT molecular complexity index is 1600. The summed E-state index contributed by atoms with van der Waals surface area (Å²) in [5.74, 6) is -1.43. The molecule has 4 nitrogen and oxygen atoms in total. The Hall–Kier alpha value is -3.92. The Balaban J connectivity index is 0.000000280. The van der Waals surface area contributed by atoms with Crippen LogP contribution in [-0.4, -0.2) is 34.5 Å². The molecule has 0 unspecified atom stereocenters. The van der Waals surface area contributed by atoms with Crippen molar-refractivity contribution in [3.05, 3.63) is 182 Å². The Labute approximate surface area is 342 Å². The third kappa shape index (κ3) is 11.5. The van der Waals surface area contributed by atoms with Crippen molar-refractivity contribution in [2.45, 2.75) is 38.5 Å². The molecule has 280 valence electrons. The molecule has 0 bridgehead atoms. The van der Waals surface area contributed by atoms with Gasteiger partial charge in [0.25, 0.3) is 0 Å². The van der Waals surface area contributed by atoms with E-state index in [9.17, 15) is 9.59 Å². The van der Waals surface area contributed by atoms with E-state index >= 15 is 0 Å². The fourth-order valence-corrected chi connectivity index (χ4v) is 15.8. The molecule has 0 aliphatic heterocycles. The van der Waals surface area contributed by atoms with Crippen LogP contribution in [0.1, 0.15) is 38.5 Å². The Morgan fingerprint density at radius 2 is 0.519 bits per heavy atom. The van der Waals surface area contributed by atoms with Crippen LogP contribution in [0, 0.1) is 0 Å². The van der Waals surface area contributed by atoms with Crippen molar-refractivity contribution in [3.8, 4) is 0 Å². The average Bonchev–Trinajstić information content (AvgIpc) is 3.20. The fourth-order valence-electron chi connectivity index (χ4n) is 7.01. The van der Waals surface area contributed by atoms with Crippen LogP contribution < -0.4 is 65.8 Å². The maximum absolute atomic E-state index is 10.9. The van der Waals surface area contributed by atoms with Crippen LogP contribution in [0.15, 0.2) is 182 Å². The summed E-state index contributed by atoms with van der Waals surface area (Å²) in [7, 11) is -3.61. The van der Waals surface area contributed by atoms with Crippen molar-refractivity contribution in [2.75, 3.05) is 12.3 Å². The monoisotopic (exact) mass is 884 g/mol. The largest absolute Gasteiger partial charge is 1.00 e. The number of rotatable bonds is 16. The van der Waals surface area contributed by atoms with Gasteiger partial charge in [-0.1, -0.05) is 109 Å². The number of aliphatic carboxylic acids is 2. The highest BCUT2D eigenvalue weighted by molar-refractivity contribution is 7.96. The van der Waals surface area contributed by atoms with Gasteiger partial charge in [-0.15, -0.1) is 0 Å². The van der Waals surface area contributed by atoms with Gasteiger partial charge in [0.2, 0.25) is 0 Å². The fraction of sp³-hybridized carbons (Fsp3) is 0.174. The second kappa shape index (κ2) is 23.1. The summed E-state index contributed by atoms with van der Waals surface area (Å²) >= 11 is 0. The summed E-state index contributed by atoms with van der Waals surface area (Å²) in [5.41, 5.74) is 0. The highest BCUT2D eigenvalue weighted by Crippen LogP contribution is 2.57. The molecule has 0 saturated heterocycles. The molecule has 8 heteroatoms. The van der Waals surface area contributed by atoms with Crippen molar-refractivity contribution in [3.63, 3.8) is 0 Å². The molecule has 6 rings (SSSR count). The van der Waals surface area contributed by atoms with Gasteiger partial charge in [0.1, 0.15) is 46.4 Å². The number of hydrogen-bond acceptors (Lipinski definition) is 2. The quantitative estimate of drug-likeness (QED) is 0.116. The zero-order chi connectivity index (χ0) is 36.5. The molecule has 0 radical (unpaired) electrons. The van der Waals surface area contributed by atoms with Crippen LogP contribution in [0.5, 0.6) is 0 Å². The van der Waals surface area contributed by atoms with Gasteiger partial charge in [0.05, 0.1) is 12.3 Å². The number of benzene rings is 6. The maximum Gasteiger partial charge on any atom is 0.303 e. The first-order chi connectivity index (χ1) is 25.5. The molecule has 0 heterocycles. The minimum Gasteiger partial charge on any atom is -1.00 e. The smallest absolute Gasteiger partial charge is 0.303 e. The predicted molar refractivity (Wildman–Crippen MR) is 223 cm³/mol. The normalized spacial score (nSPS) is 10.8. The zero-order valence-corrected chi connectivity index (χ0v) is 35.3. The molecule has 0 aromatic heterocycles. The van der Waals surface area contributed by atoms with Gasteiger partial charge in [0, 0.05) is 12.8 Å². The summed E-state index contributed by atoms with van der Waals surface area (Å²) in [6.07, 6.45) is 5.66. The van der Waals surface area contributed by atoms with E-state index in [1.54, 1.807) is 0 Å². The topological polar surface area (TPSA) is 74.6 Å². The second-order valence-corrected chi connectivity index (χ2v) is 20.0. The third-order valence-corrected chi connectivity index (χ3v) is 18.5. The molecule has 6 aromatic rings. The summed E-state index contributed by atoms with van der Waals surface area (Å²) in [4.78, 5) is 21.9. The van der Waals surface area contributed by atoms with Gasteiger partial charge in [-0.2, -0.15) is 0 Å². The van der Waals surface area contributed by atoms with Gasteiger partial charge in [0.15, 0.2) is 0 Å². The molecule has 54 heavy (non-hydrogen) atoms. The number of carbonyl (C=O) groups is 2. The van der Waals surface area contributed by atoms with E-state index in [4.69, 9.17) is 10.2 Å². The number of unbranched alkanes of at least 4 members (excludes halogenated alkanes) is 2. The Morgan fingerprint density at radius 3 is 0.685 bits per heavy atom. The summed E-state index contributed by atoms with van der Waals surface area (Å²) in [6, 6.07) is 64.3. The van der Waals surface area contributed by atoms with Crippen LogP contribution in [0.4, 0.5) is 0 Å². The molecular weight excluding hydrogens is 838 g/mol. The zero-order valence-electron chi connectivity index (χ0n) is 30.3. The lowest BCUT2D eigenvalue weighted by molar-refractivity contribution is -0.138. The van der Waals surface area contributed by atoms with Crippen LogP contribution in [0.25, 0.3) is 0 Å². The first-order valence-electron chi connectivity index (χ1n) is 18.0. The van der Waals surface area contributed by atoms with Crippen molar-refractivity contribution < 1.29 is 53.8 Å². The molecule has 0 fully saturated rings. The summed E-state index contributed by atoms with van der Waals surface area (Å²) < 4.78 is 0. The highest BCUT2D eigenvalue weighted by Gasteiger charge is 2.45. The first-order valence-corrected chi connectivity index (χ1v) is 21.9. The highest BCUT2D eigenvalue weighted by atomic mass is 79.9. The van der Waals surface area contributed by atoms with E-state index in [-0.39, 0.29) is 46.8 Å². The maximum atomic E-state index is 10.9. The lowest BCUT2D eigenvalue weighted by Crippen LogP contribution is -3.00. The predicted octanol–water partition coefficient (Wildman–Crippen LogP) is 2.48. The van der Waals surface area contributed by atoms with E-state index in [2.05, 4.69) is 182 Å². The Kier molecular flexibility index (Phi) is 19.0. The molecule has 6 aromatic carbocycles. The minimum atomic E-state index is -1.81. The Morgan fingerprint density at radius 1 is 0.333 bits per heavy atom. The van der Waals surface area contributed by atoms with Gasteiger partial charge < -0.3 is 44.2 Å². The molecule has 0 atom stereocenters. The number of carboxylic acids is 2. The van der Waals surface area contributed by atoms with Gasteiger partial charge in [-0.05, 0) is 98.5 Å². The van der Waals surface area contributed by atoms with E-state index in [0.29, 0.717) is 12.8 Å². The van der Waals surface area contributed by atoms with Crippen LogP contribution in [0.2, 0.25) is 0 Å². The molecule has 0 aliphatic rings. The first kappa shape index (κ1) is 44.5. The van der Waals surface area contributed by atoms with E-state index in [1.165, 1.54) is 31.8 Å². The number of carboxylic acid groups (broad SMARTS) is 2.